The molecule has 0 unspecified atom stereocenters. The Morgan fingerprint density at radius 2 is 2.50 bits per heavy atom. The molecular formula is C6H10N2OS. The van der Waals surface area contributed by atoms with Crippen LogP contribution in [0.4, 0.5) is 0 Å². The van der Waals surface area contributed by atoms with Gasteiger partial charge in [-0.15, -0.1) is 0 Å². The number of aryl methyl sites for hydroxylation is 1. The molecule has 1 rings (SSSR count). The van der Waals surface area contributed by atoms with Crippen LogP contribution in [0.3, 0.4) is 0 Å². The predicted octanol–water partition coefficient (Wildman–Crippen LogP) is 0.259. The first kappa shape index (κ1) is 7.50. The Labute approximate surface area is 63.1 Å². The molecule has 2 N–H and O–H groups in total. The first-order chi connectivity index (χ1) is 4.84. The maximum absolute atomic E-state index is 10.9. The number of rotatable bonds is 3. The van der Waals surface area contributed by atoms with Gasteiger partial charge in [-0.2, -0.15) is 0 Å². The molecule has 0 aliphatic carbocycles. The first-order valence-electron chi connectivity index (χ1n) is 3.18. The fourth-order valence-electron chi connectivity index (χ4n) is 0.718. The number of nitrogens with two attached hydrogens (primary N) is 1. The molecule has 0 fully saturated rings. The van der Waals surface area contributed by atoms with Gasteiger partial charge in [-0.05, 0) is 13.0 Å². The van der Waals surface area contributed by atoms with Crippen LogP contribution >= 0.6 is 11.3 Å². The zero-order valence-electron chi connectivity index (χ0n) is 5.62. The molecule has 4 heteroatoms. The zero-order valence-corrected chi connectivity index (χ0v) is 6.43. The molecule has 0 saturated heterocycles. The molecule has 0 aliphatic heterocycles. The lowest BCUT2D eigenvalue weighted by atomic mass is 10.4. The maximum atomic E-state index is 10.9. The Morgan fingerprint density at radius 1 is 1.70 bits per heavy atom. The van der Waals surface area contributed by atoms with Crippen LogP contribution < -0.4 is 10.6 Å². The lowest BCUT2D eigenvalue weighted by molar-refractivity contribution is 0.642. The summed E-state index contributed by atoms with van der Waals surface area (Å²) in [6, 6.07) is 0. The lowest BCUT2D eigenvalue weighted by Gasteiger charge is -1.95. The maximum Gasteiger partial charge on any atom is 0.307 e. The number of hydrogen-bond acceptors (Lipinski definition) is 3. The second-order valence-electron chi connectivity index (χ2n) is 2.00. The molecular weight excluding hydrogens is 148 g/mol. The van der Waals surface area contributed by atoms with Crippen LogP contribution in [0.5, 0.6) is 0 Å². The van der Waals surface area contributed by atoms with Crippen molar-refractivity contribution in [2.75, 3.05) is 6.54 Å². The van der Waals surface area contributed by atoms with Crippen molar-refractivity contribution in [1.82, 2.24) is 4.57 Å². The third kappa shape index (κ3) is 1.68. The average molecular weight is 158 g/mol. The quantitative estimate of drug-likeness (QED) is 0.686. The van der Waals surface area contributed by atoms with E-state index in [-0.39, 0.29) is 4.87 Å². The van der Waals surface area contributed by atoms with Gasteiger partial charge >= 0.3 is 4.87 Å². The van der Waals surface area contributed by atoms with Gasteiger partial charge in [0.2, 0.25) is 0 Å². The van der Waals surface area contributed by atoms with Gasteiger partial charge in [0.15, 0.2) is 0 Å². The van der Waals surface area contributed by atoms with E-state index in [9.17, 15) is 4.79 Å². The number of aromatic nitrogens is 1. The van der Waals surface area contributed by atoms with Gasteiger partial charge in [-0.3, -0.25) is 4.79 Å². The molecule has 10 heavy (non-hydrogen) atoms. The van der Waals surface area contributed by atoms with Gasteiger partial charge in [0.25, 0.3) is 0 Å². The van der Waals surface area contributed by atoms with E-state index < -0.39 is 0 Å². The van der Waals surface area contributed by atoms with E-state index in [1.807, 2.05) is 0 Å². The standard InChI is InChI=1S/C6H10N2OS/c7-2-1-3-8-4-5-10-6(8)9/h4-5H,1-3,7H2. The molecule has 3 nitrogen and oxygen atoms in total. The van der Waals surface area contributed by atoms with E-state index in [0.29, 0.717) is 6.54 Å². The second-order valence-corrected chi connectivity index (χ2v) is 2.86. The Morgan fingerprint density at radius 3 is 3.00 bits per heavy atom. The second kappa shape index (κ2) is 3.53. The van der Waals surface area contributed by atoms with Crippen LogP contribution in [0.2, 0.25) is 0 Å². The summed E-state index contributed by atoms with van der Waals surface area (Å²) in [5.74, 6) is 0. The molecule has 0 radical (unpaired) electrons. The Hall–Kier alpha value is -0.610. The van der Waals surface area contributed by atoms with Gasteiger partial charge in [0, 0.05) is 18.1 Å². The SMILES string of the molecule is NCCCn1ccsc1=O. The van der Waals surface area contributed by atoms with Crippen LogP contribution in [-0.4, -0.2) is 11.1 Å². The summed E-state index contributed by atoms with van der Waals surface area (Å²) in [4.78, 5) is 11.0. The summed E-state index contributed by atoms with van der Waals surface area (Å²) >= 11 is 1.22. The fraction of sp³-hybridized carbons (Fsp3) is 0.500. The number of thiazole rings is 1. The molecule has 0 atom stereocenters. The summed E-state index contributed by atoms with van der Waals surface area (Å²) in [7, 11) is 0. The molecule has 0 aromatic carbocycles. The first-order valence-corrected chi connectivity index (χ1v) is 4.06. The number of hydrogen-bond donors (Lipinski definition) is 1. The summed E-state index contributed by atoms with van der Waals surface area (Å²) in [6.45, 7) is 1.39. The van der Waals surface area contributed by atoms with E-state index in [2.05, 4.69) is 0 Å². The Kier molecular flexibility index (Phi) is 2.65. The van der Waals surface area contributed by atoms with Crippen LogP contribution in [0.15, 0.2) is 16.4 Å². The molecule has 0 spiro atoms. The normalized spacial score (nSPS) is 10.1. The van der Waals surface area contributed by atoms with Crippen molar-refractivity contribution >= 4 is 11.3 Å². The topological polar surface area (TPSA) is 48.0 Å². The fourth-order valence-corrected chi connectivity index (χ4v) is 1.33. The third-order valence-electron chi connectivity index (χ3n) is 1.25. The van der Waals surface area contributed by atoms with Gasteiger partial charge in [-0.1, -0.05) is 11.3 Å². The molecule has 1 heterocycles. The van der Waals surface area contributed by atoms with Crippen molar-refractivity contribution < 1.29 is 0 Å². The number of nitrogens with zero attached hydrogens (tertiary/aromatic N) is 1. The zero-order chi connectivity index (χ0) is 7.40. The van der Waals surface area contributed by atoms with Gasteiger partial charge in [0.05, 0.1) is 0 Å². The van der Waals surface area contributed by atoms with Gasteiger partial charge < -0.3 is 10.3 Å². The van der Waals surface area contributed by atoms with E-state index in [1.165, 1.54) is 11.3 Å². The monoisotopic (exact) mass is 158 g/mol. The van der Waals surface area contributed by atoms with Crippen molar-refractivity contribution in [3.63, 3.8) is 0 Å². The highest BCUT2D eigenvalue weighted by Crippen LogP contribution is 1.90. The van der Waals surface area contributed by atoms with E-state index in [0.717, 1.165) is 13.0 Å². The summed E-state index contributed by atoms with van der Waals surface area (Å²) < 4.78 is 1.68. The molecule has 1 aromatic heterocycles. The largest absolute Gasteiger partial charge is 0.330 e. The van der Waals surface area contributed by atoms with Crippen molar-refractivity contribution in [3.05, 3.63) is 21.2 Å². The summed E-state index contributed by atoms with van der Waals surface area (Å²) in [5, 5.41) is 1.79. The predicted molar refractivity (Wildman–Crippen MR) is 42.3 cm³/mol. The highest BCUT2D eigenvalue weighted by atomic mass is 32.1. The molecule has 56 valence electrons. The van der Waals surface area contributed by atoms with Crippen molar-refractivity contribution in [2.24, 2.45) is 5.73 Å². The van der Waals surface area contributed by atoms with Crippen LogP contribution in [0.1, 0.15) is 6.42 Å². The minimum atomic E-state index is 0.105. The molecule has 0 amide bonds. The van der Waals surface area contributed by atoms with Crippen LogP contribution in [-0.2, 0) is 6.54 Å². The third-order valence-corrected chi connectivity index (χ3v) is 1.94. The molecule has 0 bridgehead atoms. The van der Waals surface area contributed by atoms with E-state index in [1.54, 1.807) is 16.1 Å². The van der Waals surface area contributed by atoms with Gasteiger partial charge in [0.1, 0.15) is 0 Å². The minimum absolute atomic E-state index is 0.105. The minimum Gasteiger partial charge on any atom is -0.330 e. The average Bonchev–Trinajstić information content (AvgIpc) is 2.31. The van der Waals surface area contributed by atoms with Crippen LogP contribution in [0, 0.1) is 0 Å². The summed E-state index contributed by atoms with van der Waals surface area (Å²) in [5.41, 5.74) is 5.28. The lowest BCUT2D eigenvalue weighted by Crippen LogP contribution is -2.14. The van der Waals surface area contributed by atoms with Crippen molar-refractivity contribution in [3.8, 4) is 0 Å². The highest BCUT2D eigenvalue weighted by Gasteiger charge is 1.92. The highest BCUT2D eigenvalue weighted by molar-refractivity contribution is 7.07. The molecule has 0 aliphatic rings. The summed E-state index contributed by atoms with van der Waals surface area (Å²) in [6.07, 6.45) is 2.67. The van der Waals surface area contributed by atoms with Crippen LogP contribution in [0.25, 0.3) is 0 Å². The van der Waals surface area contributed by atoms with E-state index >= 15 is 0 Å². The van der Waals surface area contributed by atoms with Crippen molar-refractivity contribution in [2.45, 2.75) is 13.0 Å². The van der Waals surface area contributed by atoms with Gasteiger partial charge in [-0.25, -0.2) is 0 Å². The molecule has 1 aromatic rings. The Bertz CT molecular complexity index is 240. The smallest absolute Gasteiger partial charge is 0.307 e. The van der Waals surface area contributed by atoms with Crippen molar-refractivity contribution in [1.29, 1.82) is 0 Å². The van der Waals surface area contributed by atoms with E-state index in [4.69, 9.17) is 5.73 Å². The molecule has 0 saturated carbocycles. The Balaban J connectivity index is 2.57.